The number of benzene rings is 1. The minimum absolute atomic E-state index is 0.0264. The molecule has 16 heavy (non-hydrogen) atoms. The summed E-state index contributed by atoms with van der Waals surface area (Å²) in [5.74, 6) is 0.0264. The van der Waals surface area contributed by atoms with Crippen molar-refractivity contribution in [3.63, 3.8) is 0 Å². The lowest BCUT2D eigenvalue weighted by Gasteiger charge is -2.16. The maximum atomic E-state index is 12.0. The third kappa shape index (κ3) is 1.74. The van der Waals surface area contributed by atoms with Crippen molar-refractivity contribution in [2.75, 3.05) is 13.2 Å². The van der Waals surface area contributed by atoms with Gasteiger partial charge in [-0.05, 0) is 18.9 Å². The number of hydrogen-bond donors (Lipinski definition) is 1. The number of hydrogen-bond acceptors (Lipinski definition) is 2. The molecular weight excluding hydrogens is 202 g/mol. The van der Waals surface area contributed by atoms with Gasteiger partial charge in [0.05, 0.1) is 0 Å². The molecular formula is C13H15NO2. The standard InChI is InChI=1S/C13H15NO2/c1-10-11-6-2-3-7-12(11)13(16)14(10)8-4-5-9-15/h2-3,6-7,15H,1,4-5,8-9H2. The van der Waals surface area contributed by atoms with Gasteiger partial charge in [-0.25, -0.2) is 0 Å². The maximum Gasteiger partial charge on any atom is 0.258 e. The van der Waals surface area contributed by atoms with E-state index in [1.165, 1.54) is 0 Å². The SMILES string of the molecule is C=C1c2ccccc2C(=O)N1CCCCO. The van der Waals surface area contributed by atoms with Gasteiger partial charge in [0.2, 0.25) is 0 Å². The summed E-state index contributed by atoms with van der Waals surface area (Å²) in [5.41, 5.74) is 2.44. The molecule has 1 aromatic carbocycles. The first-order valence-electron chi connectivity index (χ1n) is 5.46. The van der Waals surface area contributed by atoms with Crippen LogP contribution >= 0.6 is 0 Å². The van der Waals surface area contributed by atoms with E-state index < -0.39 is 0 Å². The predicted octanol–water partition coefficient (Wildman–Crippen LogP) is 1.89. The number of carbonyl (C=O) groups is 1. The Morgan fingerprint density at radius 1 is 1.19 bits per heavy atom. The number of nitrogens with zero attached hydrogens (tertiary/aromatic N) is 1. The highest BCUT2D eigenvalue weighted by Gasteiger charge is 2.29. The average molecular weight is 217 g/mol. The van der Waals surface area contributed by atoms with Crippen LogP contribution in [0.25, 0.3) is 5.70 Å². The number of aliphatic hydroxyl groups excluding tert-OH is 1. The number of fused-ring (bicyclic) bond motifs is 1. The molecule has 84 valence electrons. The van der Waals surface area contributed by atoms with Crippen molar-refractivity contribution in [1.29, 1.82) is 0 Å². The smallest absolute Gasteiger partial charge is 0.258 e. The van der Waals surface area contributed by atoms with Gasteiger partial charge < -0.3 is 10.0 Å². The fourth-order valence-electron chi connectivity index (χ4n) is 1.95. The van der Waals surface area contributed by atoms with E-state index in [1.54, 1.807) is 4.90 Å². The van der Waals surface area contributed by atoms with E-state index in [1.807, 2.05) is 24.3 Å². The van der Waals surface area contributed by atoms with Gasteiger partial charge >= 0.3 is 0 Å². The summed E-state index contributed by atoms with van der Waals surface area (Å²) in [4.78, 5) is 13.7. The van der Waals surface area contributed by atoms with Gasteiger partial charge in [0, 0.05) is 30.0 Å². The second-order valence-corrected chi connectivity index (χ2v) is 3.88. The summed E-state index contributed by atoms with van der Waals surface area (Å²) >= 11 is 0. The molecule has 1 aromatic rings. The van der Waals surface area contributed by atoms with Gasteiger partial charge in [-0.2, -0.15) is 0 Å². The molecule has 0 radical (unpaired) electrons. The van der Waals surface area contributed by atoms with Crippen LogP contribution in [0.3, 0.4) is 0 Å². The predicted molar refractivity (Wildman–Crippen MR) is 62.8 cm³/mol. The van der Waals surface area contributed by atoms with Gasteiger partial charge in [0.25, 0.3) is 5.91 Å². The molecule has 0 fully saturated rings. The first kappa shape index (κ1) is 10.9. The lowest BCUT2D eigenvalue weighted by Crippen LogP contribution is -2.24. The van der Waals surface area contributed by atoms with Crippen LogP contribution in [0.4, 0.5) is 0 Å². The Morgan fingerprint density at radius 3 is 2.50 bits per heavy atom. The number of aliphatic hydroxyl groups is 1. The average Bonchev–Trinajstić information content (AvgIpc) is 2.55. The van der Waals surface area contributed by atoms with Crippen molar-refractivity contribution >= 4 is 11.6 Å². The molecule has 3 nitrogen and oxygen atoms in total. The minimum Gasteiger partial charge on any atom is -0.396 e. The monoisotopic (exact) mass is 217 g/mol. The van der Waals surface area contributed by atoms with Crippen LogP contribution < -0.4 is 0 Å². The third-order valence-electron chi connectivity index (χ3n) is 2.83. The third-order valence-corrected chi connectivity index (χ3v) is 2.83. The number of rotatable bonds is 4. The van der Waals surface area contributed by atoms with Crippen LogP contribution in [0, 0.1) is 0 Å². The summed E-state index contributed by atoms with van der Waals surface area (Å²) < 4.78 is 0. The van der Waals surface area contributed by atoms with Crippen LogP contribution in [0.1, 0.15) is 28.8 Å². The zero-order valence-corrected chi connectivity index (χ0v) is 9.15. The van der Waals surface area contributed by atoms with Crippen LogP contribution in [-0.4, -0.2) is 29.1 Å². The van der Waals surface area contributed by atoms with Crippen molar-refractivity contribution in [1.82, 2.24) is 4.90 Å². The van der Waals surface area contributed by atoms with Gasteiger partial charge in [0.1, 0.15) is 0 Å². The van der Waals surface area contributed by atoms with Crippen LogP contribution in [0.5, 0.6) is 0 Å². The van der Waals surface area contributed by atoms with Crippen molar-refractivity contribution in [3.8, 4) is 0 Å². The van der Waals surface area contributed by atoms with E-state index in [2.05, 4.69) is 6.58 Å². The largest absolute Gasteiger partial charge is 0.396 e. The molecule has 3 heteroatoms. The number of amides is 1. The molecule has 0 saturated heterocycles. The van der Waals surface area contributed by atoms with Crippen LogP contribution in [0.2, 0.25) is 0 Å². The second-order valence-electron chi connectivity index (χ2n) is 3.88. The fourth-order valence-corrected chi connectivity index (χ4v) is 1.95. The van der Waals surface area contributed by atoms with E-state index in [0.29, 0.717) is 13.0 Å². The molecule has 0 atom stereocenters. The summed E-state index contributed by atoms with van der Waals surface area (Å²) in [6.07, 6.45) is 1.52. The summed E-state index contributed by atoms with van der Waals surface area (Å²) in [6, 6.07) is 7.52. The first-order chi connectivity index (χ1) is 7.75. The highest BCUT2D eigenvalue weighted by Crippen LogP contribution is 2.31. The van der Waals surface area contributed by atoms with E-state index in [4.69, 9.17) is 5.11 Å². The Morgan fingerprint density at radius 2 is 1.88 bits per heavy atom. The van der Waals surface area contributed by atoms with Crippen LogP contribution in [0.15, 0.2) is 30.8 Å². The van der Waals surface area contributed by atoms with E-state index in [9.17, 15) is 4.79 Å². The molecule has 1 N–H and O–H groups in total. The summed E-state index contributed by atoms with van der Waals surface area (Å²) in [6.45, 7) is 4.75. The van der Waals surface area contributed by atoms with Gasteiger partial charge in [-0.1, -0.05) is 24.8 Å². The van der Waals surface area contributed by atoms with Crippen molar-refractivity contribution in [3.05, 3.63) is 42.0 Å². The van der Waals surface area contributed by atoms with Crippen molar-refractivity contribution < 1.29 is 9.90 Å². The fraction of sp³-hybridized carbons (Fsp3) is 0.308. The Labute approximate surface area is 95.0 Å². The quantitative estimate of drug-likeness (QED) is 0.782. The molecule has 1 aliphatic heterocycles. The summed E-state index contributed by atoms with van der Waals surface area (Å²) in [7, 11) is 0. The zero-order valence-electron chi connectivity index (χ0n) is 9.15. The Kier molecular flexibility index (Phi) is 3.06. The molecule has 1 amide bonds. The van der Waals surface area contributed by atoms with Gasteiger partial charge in [-0.3, -0.25) is 4.79 Å². The summed E-state index contributed by atoms with van der Waals surface area (Å²) in [5, 5.41) is 8.72. The van der Waals surface area contributed by atoms with Crippen molar-refractivity contribution in [2.24, 2.45) is 0 Å². The topological polar surface area (TPSA) is 40.5 Å². The molecule has 0 bridgehead atoms. The van der Waals surface area contributed by atoms with E-state index in [-0.39, 0.29) is 12.5 Å². The molecule has 2 rings (SSSR count). The lowest BCUT2D eigenvalue weighted by atomic mass is 10.1. The van der Waals surface area contributed by atoms with E-state index >= 15 is 0 Å². The Hall–Kier alpha value is -1.61. The van der Waals surface area contributed by atoms with E-state index in [0.717, 1.165) is 23.2 Å². The molecule has 1 aliphatic rings. The van der Waals surface area contributed by atoms with Gasteiger partial charge in [-0.15, -0.1) is 0 Å². The Balaban J connectivity index is 2.15. The number of unbranched alkanes of at least 4 members (excludes halogenated alkanes) is 1. The molecule has 0 unspecified atom stereocenters. The van der Waals surface area contributed by atoms with Gasteiger partial charge in [0.15, 0.2) is 0 Å². The minimum atomic E-state index is 0.0264. The highest BCUT2D eigenvalue weighted by atomic mass is 16.3. The Bertz CT molecular complexity index is 391. The maximum absolute atomic E-state index is 12.0. The molecule has 0 saturated carbocycles. The number of carbonyl (C=O) groups excluding carboxylic acids is 1. The molecule has 0 spiro atoms. The van der Waals surface area contributed by atoms with Crippen LogP contribution in [-0.2, 0) is 0 Å². The second kappa shape index (κ2) is 4.49. The zero-order chi connectivity index (χ0) is 11.5. The normalized spacial score (nSPS) is 14.4. The molecule has 1 heterocycles. The van der Waals surface area contributed by atoms with Crippen molar-refractivity contribution in [2.45, 2.75) is 12.8 Å². The molecule has 0 aromatic heterocycles. The molecule has 0 aliphatic carbocycles. The lowest BCUT2D eigenvalue weighted by molar-refractivity contribution is 0.0847. The first-order valence-corrected chi connectivity index (χ1v) is 5.46. The highest BCUT2D eigenvalue weighted by molar-refractivity contribution is 6.08.